The molecular weight excluding hydrogens is 384 g/mol. The average molecular weight is 406 g/mol. The van der Waals surface area contributed by atoms with Crippen LogP contribution in [0.5, 0.6) is 0 Å². The molecule has 30 heavy (non-hydrogen) atoms. The van der Waals surface area contributed by atoms with Crippen LogP contribution in [0.15, 0.2) is 54.6 Å². The molecule has 7 heteroatoms. The molecule has 0 saturated heterocycles. The van der Waals surface area contributed by atoms with E-state index in [4.69, 9.17) is 0 Å². The Hall–Kier alpha value is -3.74. The number of amides is 1. The molecule has 0 unspecified atom stereocenters. The van der Waals surface area contributed by atoms with Gasteiger partial charge in [-0.1, -0.05) is 37.3 Å². The lowest BCUT2D eigenvalue weighted by atomic mass is 10.0. The second kappa shape index (κ2) is 8.73. The molecule has 1 heterocycles. The number of aromatic nitrogens is 1. The number of carboxylic acids is 2. The Labute approximate surface area is 173 Å². The van der Waals surface area contributed by atoms with Gasteiger partial charge in [0.25, 0.3) is 0 Å². The summed E-state index contributed by atoms with van der Waals surface area (Å²) in [6.07, 6.45) is 0.221. The van der Waals surface area contributed by atoms with Crippen LogP contribution in [0.4, 0.5) is 0 Å². The summed E-state index contributed by atoms with van der Waals surface area (Å²) in [5.41, 5.74) is 2.73. The number of aliphatic carboxylic acids is 1. The van der Waals surface area contributed by atoms with Crippen molar-refractivity contribution in [3.63, 3.8) is 0 Å². The number of hydrogen-bond donors (Lipinski definition) is 2. The minimum absolute atomic E-state index is 0.178. The molecule has 0 aliphatic rings. The van der Waals surface area contributed by atoms with Gasteiger partial charge in [0.15, 0.2) is 0 Å². The normalized spacial score (nSPS) is 11.8. The SMILES string of the molecule is CCC(=O)N(Cc1ccc2nc(-c3ccccc3C(=O)O)ccc2c1)[C@@H](C)C(=O)O. The van der Waals surface area contributed by atoms with Crippen molar-refractivity contribution < 1.29 is 24.6 Å². The highest BCUT2D eigenvalue weighted by molar-refractivity contribution is 5.96. The van der Waals surface area contributed by atoms with Crippen LogP contribution in [0.1, 0.15) is 36.2 Å². The molecule has 3 aromatic rings. The Morgan fingerprint density at radius 2 is 1.77 bits per heavy atom. The number of benzene rings is 2. The fourth-order valence-electron chi connectivity index (χ4n) is 3.29. The fraction of sp³-hybridized carbons (Fsp3) is 0.217. The molecule has 1 atom stereocenters. The molecule has 3 rings (SSSR count). The third-order valence-corrected chi connectivity index (χ3v) is 4.99. The highest BCUT2D eigenvalue weighted by Crippen LogP contribution is 2.25. The summed E-state index contributed by atoms with van der Waals surface area (Å²) >= 11 is 0. The standard InChI is InChI=1S/C23H22N2O5/c1-3-21(26)25(14(2)22(27)28)13-15-8-10-19-16(12-15)9-11-20(24-19)17-6-4-5-7-18(17)23(29)30/h4-12,14H,3,13H2,1-2H3,(H,27,28)(H,29,30)/t14-/m0/s1. The second-order valence-corrected chi connectivity index (χ2v) is 6.96. The molecule has 0 spiro atoms. The lowest BCUT2D eigenvalue weighted by molar-refractivity contribution is -0.149. The van der Waals surface area contributed by atoms with Gasteiger partial charge >= 0.3 is 11.9 Å². The van der Waals surface area contributed by atoms with Crippen molar-refractivity contribution in [2.75, 3.05) is 0 Å². The zero-order valence-corrected chi connectivity index (χ0v) is 16.7. The number of rotatable bonds is 7. The number of fused-ring (bicyclic) bond motifs is 1. The number of nitrogens with zero attached hydrogens (tertiary/aromatic N) is 2. The van der Waals surface area contributed by atoms with Crippen LogP contribution in [-0.4, -0.2) is 44.0 Å². The van der Waals surface area contributed by atoms with Crippen LogP contribution >= 0.6 is 0 Å². The summed E-state index contributed by atoms with van der Waals surface area (Å²) < 4.78 is 0. The molecule has 7 nitrogen and oxygen atoms in total. The number of carboxylic acid groups (broad SMARTS) is 2. The van der Waals surface area contributed by atoms with E-state index in [0.717, 1.165) is 10.9 Å². The topological polar surface area (TPSA) is 108 Å². The van der Waals surface area contributed by atoms with Crippen molar-refractivity contribution in [1.29, 1.82) is 0 Å². The first-order valence-corrected chi connectivity index (χ1v) is 9.56. The highest BCUT2D eigenvalue weighted by Gasteiger charge is 2.24. The van der Waals surface area contributed by atoms with Crippen LogP contribution in [0.2, 0.25) is 0 Å². The van der Waals surface area contributed by atoms with Crippen LogP contribution in [0.25, 0.3) is 22.2 Å². The van der Waals surface area contributed by atoms with E-state index in [9.17, 15) is 24.6 Å². The summed E-state index contributed by atoms with van der Waals surface area (Å²) in [4.78, 5) is 41.0. The smallest absolute Gasteiger partial charge is 0.336 e. The summed E-state index contributed by atoms with van der Waals surface area (Å²) in [6, 6.07) is 14.8. The van der Waals surface area contributed by atoms with E-state index < -0.39 is 18.0 Å². The summed E-state index contributed by atoms with van der Waals surface area (Å²) in [6.45, 7) is 3.37. The number of hydrogen-bond acceptors (Lipinski definition) is 4. The van der Waals surface area contributed by atoms with Gasteiger partial charge in [0, 0.05) is 23.9 Å². The van der Waals surface area contributed by atoms with Gasteiger partial charge in [0.1, 0.15) is 6.04 Å². The second-order valence-electron chi connectivity index (χ2n) is 6.96. The fourth-order valence-corrected chi connectivity index (χ4v) is 3.29. The third kappa shape index (κ3) is 4.30. The molecule has 0 saturated carbocycles. The summed E-state index contributed by atoms with van der Waals surface area (Å²) in [7, 11) is 0. The lowest BCUT2D eigenvalue weighted by Crippen LogP contribution is -2.42. The van der Waals surface area contributed by atoms with Crippen LogP contribution in [-0.2, 0) is 16.1 Å². The Bertz CT molecular complexity index is 1130. The number of aromatic carboxylic acids is 1. The Morgan fingerprint density at radius 3 is 2.43 bits per heavy atom. The third-order valence-electron chi connectivity index (χ3n) is 4.99. The first-order chi connectivity index (χ1) is 14.3. The lowest BCUT2D eigenvalue weighted by Gasteiger charge is -2.26. The van der Waals surface area contributed by atoms with Gasteiger partial charge < -0.3 is 15.1 Å². The zero-order valence-electron chi connectivity index (χ0n) is 16.7. The van der Waals surface area contributed by atoms with E-state index in [2.05, 4.69) is 4.98 Å². The summed E-state index contributed by atoms with van der Waals surface area (Å²) in [5.74, 6) is -2.30. The molecule has 2 aromatic carbocycles. The molecule has 1 aromatic heterocycles. The van der Waals surface area contributed by atoms with E-state index in [1.807, 2.05) is 12.1 Å². The maximum Gasteiger partial charge on any atom is 0.336 e. The van der Waals surface area contributed by atoms with Crippen molar-refractivity contribution >= 4 is 28.7 Å². The van der Waals surface area contributed by atoms with Crippen LogP contribution in [0.3, 0.4) is 0 Å². The average Bonchev–Trinajstić information content (AvgIpc) is 2.75. The van der Waals surface area contributed by atoms with Gasteiger partial charge in [-0.15, -0.1) is 0 Å². The minimum Gasteiger partial charge on any atom is -0.480 e. The number of pyridine rings is 1. The molecular formula is C23H22N2O5. The molecule has 2 N–H and O–H groups in total. The monoisotopic (exact) mass is 406 g/mol. The van der Waals surface area contributed by atoms with Crippen molar-refractivity contribution in [3.8, 4) is 11.3 Å². The van der Waals surface area contributed by atoms with Crippen molar-refractivity contribution in [2.45, 2.75) is 32.9 Å². The molecule has 0 aliphatic heterocycles. The zero-order chi connectivity index (χ0) is 21.8. The predicted octanol–water partition coefficient (Wildman–Crippen LogP) is 3.81. The first kappa shape index (κ1) is 21.0. The first-order valence-electron chi connectivity index (χ1n) is 9.56. The van der Waals surface area contributed by atoms with Crippen molar-refractivity contribution in [3.05, 3.63) is 65.7 Å². The maximum absolute atomic E-state index is 12.2. The van der Waals surface area contributed by atoms with E-state index >= 15 is 0 Å². The number of carbonyl (C=O) groups is 3. The van der Waals surface area contributed by atoms with E-state index in [0.29, 0.717) is 16.8 Å². The molecule has 0 bridgehead atoms. The van der Waals surface area contributed by atoms with E-state index in [1.165, 1.54) is 17.9 Å². The van der Waals surface area contributed by atoms with Crippen molar-refractivity contribution in [2.24, 2.45) is 0 Å². The molecule has 1 amide bonds. The van der Waals surface area contributed by atoms with Gasteiger partial charge in [0.2, 0.25) is 5.91 Å². The Morgan fingerprint density at radius 1 is 1.03 bits per heavy atom. The Kier molecular flexibility index (Phi) is 6.11. The summed E-state index contributed by atoms with van der Waals surface area (Å²) in [5, 5.41) is 19.5. The van der Waals surface area contributed by atoms with Crippen molar-refractivity contribution in [1.82, 2.24) is 9.88 Å². The van der Waals surface area contributed by atoms with E-state index in [-0.39, 0.29) is 24.4 Å². The Balaban J connectivity index is 1.95. The largest absolute Gasteiger partial charge is 0.480 e. The predicted molar refractivity (Wildman–Crippen MR) is 112 cm³/mol. The van der Waals surface area contributed by atoms with Crippen LogP contribution in [0, 0.1) is 0 Å². The molecule has 0 fully saturated rings. The van der Waals surface area contributed by atoms with Gasteiger partial charge in [-0.25, -0.2) is 14.6 Å². The highest BCUT2D eigenvalue weighted by atomic mass is 16.4. The van der Waals surface area contributed by atoms with Gasteiger partial charge in [-0.3, -0.25) is 4.79 Å². The van der Waals surface area contributed by atoms with Gasteiger partial charge in [-0.05, 0) is 36.8 Å². The minimum atomic E-state index is -1.05. The van der Waals surface area contributed by atoms with Gasteiger partial charge in [-0.2, -0.15) is 0 Å². The molecule has 0 aliphatic carbocycles. The van der Waals surface area contributed by atoms with E-state index in [1.54, 1.807) is 43.3 Å². The molecule has 0 radical (unpaired) electrons. The maximum atomic E-state index is 12.2. The quantitative estimate of drug-likeness (QED) is 0.618. The van der Waals surface area contributed by atoms with Crippen LogP contribution < -0.4 is 0 Å². The number of carbonyl (C=O) groups excluding carboxylic acids is 1. The molecule has 154 valence electrons. The van der Waals surface area contributed by atoms with Gasteiger partial charge in [0.05, 0.1) is 16.8 Å².